The summed E-state index contributed by atoms with van der Waals surface area (Å²) in [6.07, 6.45) is -4.11. The number of rotatable bonds is 4. The van der Waals surface area contributed by atoms with Gasteiger partial charge in [0.05, 0.1) is 17.7 Å². The van der Waals surface area contributed by atoms with Crippen LogP contribution in [-0.2, 0) is 6.42 Å². The lowest BCUT2D eigenvalue weighted by molar-refractivity contribution is -0.184. The molecule has 11 heteroatoms. The quantitative estimate of drug-likeness (QED) is 0.472. The molecule has 2 aromatic heterocycles. The second-order valence-electron chi connectivity index (χ2n) is 10.3. The third-order valence-electron chi connectivity index (χ3n) is 7.82. The molecule has 188 valence electrons. The number of aromatic nitrogens is 2. The molecule has 1 unspecified atom stereocenters. The maximum Gasteiger partial charge on any atom is 0.393 e. The minimum atomic E-state index is -4.26. The Balaban J connectivity index is 1.21. The highest BCUT2D eigenvalue weighted by Gasteiger charge is 2.46. The van der Waals surface area contributed by atoms with Gasteiger partial charge in [0.1, 0.15) is 17.0 Å². The summed E-state index contributed by atoms with van der Waals surface area (Å²) in [4.78, 5) is 14.0. The van der Waals surface area contributed by atoms with Gasteiger partial charge in [-0.15, -0.1) is 11.3 Å². The van der Waals surface area contributed by atoms with Crippen LogP contribution in [-0.4, -0.2) is 59.9 Å². The van der Waals surface area contributed by atoms with Gasteiger partial charge in [-0.25, -0.2) is 9.97 Å². The number of nitrogens with zero attached hydrogens (tertiary/aromatic N) is 4. The van der Waals surface area contributed by atoms with Gasteiger partial charge in [0.2, 0.25) is 0 Å². The van der Waals surface area contributed by atoms with Crippen molar-refractivity contribution < 1.29 is 26.3 Å². The van der Waals surface area contributed by atoms with Crippen LogP contribution in [0.4, 0.5) is 32.2 Å². The summed E-state index contributed by atoms with van der Waals surface area (Å²) in [5.41, 5.74) is 0.102. The monoisotopic (exact) mass is 506 g/mol. The highest BCUT2D eigenvalue weighted by Crippen LogP contribution is 2.44. The van der Waals surface area contributed by atoms with Gasteiger partial charge in [-0.1, -0.05) is 0 Å². The molecular formula is C23H28F6N4S. The van der Waals surface area contributed by atoms with Crippen molar-refractivity contribution in [3.8, 4) is 0 Å². The molecule has 3 aliphatic rings. The molecule has 0 radical (unpaired) electrons. The number of hydrogen-bond acceptors (Lipinski definition) is 5. The maximum absolute atomic E-state index is 12.9. The first-order chi connectivity index (χ1) is 16.0. The zero-order valence-electron chi connectivity index (χ0n) is 18.8. The van der Waals surface area contributed by atoms with Gasteiger partial charge in [-0.2, -0.15) is 26.3 Å². The van der Waals surface area contributed by atoms with Gasteiger partial charge in [-0.05, 0) is 57.1 Å². The van der Waals surface area contributed by atoms with Gasteiger partial charge in [0.25, 0.3) is 0 Å². The first-order valence-corrected chi connectivity index (χ1v) is 12.7. The van der Waals surface area contributed by atoms with E-state index in [1.54, 1.807) is 6.07 Å². The fourth-order valence-electron chi connectivity index (χ4n) is 6.10. The molecule has 2 saturated heterocycles. The second kappa shape index (κ2) is 8.80. The molecule has 2 aromatic rings. The van der Waals surface area contributed by atoms with Crippen molar-refractivity contribution >= 4 is 27.4 Å². The summed E-state index contributed by atoms with van der Waals surface area (Å²) in [6.45, 7) is 4.30. The van der Waals surface area contributed by atoms with Crippen molar-refractivity contribution in [2.45, 2.75) is 57.3 Å². The van der Waals surface area contributed by atoms with E-state index < -0.39 is 24.7 Å². The molecule has 5 rings (SSSR count). The normalized spacial score (nSPS) is 29.1. The van der Waals surface area contributed by atoms with Crippen LogP contribution < -0.4 is 4.90 Å². The Morgan fingerprint density at radius 1 is 0.971 bits per heavy atom. The third-order valence-corrected chi connectivity index (χ3v) is 8.86. The molecule has 1 spiro atoms. The number of fused-ring (bicyclic) bond motifs is 1. The Bertz CT molecular complexity index is 1010. The van der Waals surface area contributed by atoms with Crippen LogP contribution in [0.2, 0.25) is 0 Å². The molecule has 0 bridgehead atoms. The SMILES string of the molecule is FC(F)(F)Cc1cc2c(N3CCC4(CCN(CC5CCC(C(F)(F)F)CC5)C4)C3)ncnc2s1. The smallest absolute Gasteiger partial charge is 0.355 e. The fourth-order valence-corrected chi connectivity index (χ4v) is 7.12. The van der Waals surface area contributed by atoms with Crippen molar-refractivity contribution in [1.82, 2.24) is 14.9 Å². The molecule has 2 aliphatic heterocycles. The van der Waals surface area contributed by atoms with Crippen molar-refractivity contribution in [2.24, 2.45) is 17.3 Å². The highest BCUT2D eigenvalue weighted by atomic mass is 32.1. The zero-order valence-corrected chi connectivity index (χ0v) is 19.6. The van der Waals surface area contributed by atoms with E-state index in [9.17, 15) is 26.3 Å². The number of thiophene rings is 1. The van der Waals surface area contributed by atoms with E-state index >= 15 is 0 Å². The number of likely N-dealkylation sites (tertiary alicyclic amines) is 1. The van der Waals surface area contributed by atoms with E-state index in [0.29, 0.717) is 34.8 Å². The van der Waals surface area contributed by atoms with E-state index in [-0.39, 0.29) is 23.1 Å². The first-order valence-electron chi connectivity index (χ1n) is 11.8. The van der Waals surface area contributed by atoms with Crippen LogP contribution in [0, 0.1) is 17.3 Å². The van der Waals surface area contributed by atoms with Gasteiger partial charge in [-0.3, -0.25) is 0 Å². The third kappa shape index (κ3) is 5.15. The van der Waals surface area contributed by atoms with E-state index in [4.69, 9.17) is 0 Å². The lowest BCUT2D eigenvalue weighted by Crippen LogP contribution is -2.35. The topological polar surface area (TPSA) is 32.3 Å². The predicted molar refractivity (Wildman–Crippen MR) is 119 cm³/mol. The van der Waals surface area contributed by atoms with Crippen LogP contribution in [0.5, 0.6) is 0 Å². The predicted octanol–water partition coefficient (Wildman–Crippen LogP) is 6.07. The molecule has 0 amide bonds. The van der Waals surface area contributed by atoms with Crippen LogP contribution in [0.3, 0.4) is 0 Å². The Kier molecular flexibility index (Phi) is 6.23. The van der Waals surface area contributed by atoms with Crippen molar-refractivity contribution in [3.63, 3.8) is 0 Å². The van der Waals surface area contributed by atoms with Crippen LogP contribution in [0.15, 0.2) is 12.4 Å². The summed E-state index contributed by atoms with van der Waals surface area (Å²) < 4.78 is 77.4. The molecule has 0 N–H and O–H groups in total. The average Bonchev–Trinajstić information content (AvgIpc) is 3.45. The van der Waals surface area contributed by atoms with Gasteiger partial charge in [0, 0.05) is 36.5 Å². The molecule has 1 aliphatic carbocycles. The van der Waals surface area contributed by atoms with E-state index in [1.807, 2.05) is 0 Å². The van der Waals surface area contributed by atoms with Crippen molar-refractivity contribution in [2.75, 3.05) is 37.6 Å². The Labute approximate surface area is 198 Å². The minimum absolute atomic E-state index is 0.102. The molecule has 4 heterocycles. The summed E-state index contributed by atoms with van der Waals surface area (Å²) in [5.74, 6) is -0.114. The number of alkyl halides is 6. The first kappa shape index (κ1) is 24.1. The molecule has 1 saturated carbocycles. The molecule has 3 fully saturated rings. The molecular weight excluding hydrogens is 478 g/mol. The summed E-state index contributed by atoms with van der Waals surface area (Å²) in [7, 11) is 0. The van der Waals surface area contributed by atoms with Crippen molar-refractivity contribution in [1.29, 1.82) is 0 Å². The van der Waals surface area contributed by atoms with Crippen LogP contribution in [0.25, 0.3) is 10.2 Å². The van der Waals surface area contributed by atoms with Gasteiger partial charge < -0.3 is 9.80 Å². The number of halogens is 6. The molecule has 34 heavy (non-hydrogen) atoms. The summed E-state index contributed by atoms with van der Waals surface area (Å²) in [5, 5.41) is 0.681. The minimum Gasteiger partial charge on any atom is -0.355 e. The second-order valence-corrected chi connectivity index (χ2v) is 11.5. The van der Waals surface area contributed by atoms with Gasteiger partial charge in [0.15, 0.2) is 0 Å². The Morgan fingerprint density at radius 3 is 2.41 bits per heavy atom. The van der Waals surface area contributed by atoms with Crippen LogP contribution >= 0.6 is 11.3 Å². The number of hydrogen-bond donors (Lipinski definition) is 0. The van der Waals surface area contributed by atoms with Gasteiger partial charge >= 0.3 is 12.4 Å². The summed E-state index contributed by atoms with van der Waals surface area (Å²) in [6, 6.07) is 1.58. The van der Waals surface area contributed by atoms with E-state index in [2.05, 4.69) is 19.8 Å². The lowest BCUT2D eigenvalue weighted by atomic mass is 9.81. The number of anilines is 1. The zero-order chi connectivity index (χ0) is 24.1. The molecule has 4 nitrogen and oxygen atoms in total. The average molecular weight is 507 g/mol. The van der Waals surface area contributed by atoms with Crippen molar-refractivity contribution in [3.05, 3.63) is 17.3 Å². The highest BCUT2D eigenvalue weighted by molar-refractivity contribution is 7.18. The largest absolute Gasteiger partial charge is 0.393 e. The van der Waals surface area contributed by atoms with E-state index in [1.165, 1.54) is 6.33 Å². The Morgan fingerprint density at radius 2 is 1.71 bits per heavy atom. The lowest BCUT2D eigenvalue weighted by Gasteiger charge is -2.32. The maximum atomic E-state index is 12.9. The Hall–Kier alpha value is -1.62. The standard InChI is InChI=1S/C23H28F6N4S/c24-22(25,26)10-17-9-18-19(30-14-31-20(18)34-17)33-8-6-21(13-33)5-7-32(12-21)11-15-1-3-16(4-2-15)23(27,28)29/h9,14-16H,1-8,10-13H2. The van der Waals surface area contributed by atoms with Crippen LogP contribution in [0.1, 0.15) is 43.4 Å². The molecule has 0 aromatic carbocycles. The summed E-state index contributed by atoms with van der Waals surface area (Å²) >= 11 is 1.07. The molecule has 1 atom stereocenters. The van der Waals surface area contributed by atoms with E-state index in [0.717, 1.165) is 56.9 Å². The fraction of sp³-hybridized carbons (Fsp3) is 0.739.